The summed E-state index contributed by atoms with van der Waals surface area (Å²) in [4.78, 5) is 62.8. The summed E-state index contributed by atoms with van der Waals surface area (Å²) in [6.45, 7) is 6.17. The number of aliphatic carboxylic acids is 2. The number of benzene rings is 2. The van der Waals surface area contributed by atoms with Crippen LogP contribution in [-0.4, -0.2) is 120 Å². The summed E-state index contributed by atoms with van der Waals surface area (Å²) in [6, 6.07) is 12.6. The van der Waals surface area contributed by atoms with Crippen LogP contribution in [0.3, 0.4) is 0 Å². The average molecular weight is 769 g/mol. The molecule has 4 heterocycles. The number of hydrogen-bond donors (Lipinski definition) is 4. The third-order valence-electron chi connectivity index (χ3n) is 10.0. The van der Waals surface area contributed by atoms with Gasteiger partial charge in [0.05, 0.1) is 40.6 Å². The number of nitrogens with zero attached hydrogens (tertiary/aromatic N) is 4. The number of ether oxygens (including phenoxy) is 4. The molecule has 2 aromatic carbocycles. The molecule has 16 heteroatoms. The van der Waals surface area contributed by atoms with Crippen LogP contribution in [0.2, 0.25) is 0 Å². The molecule has 0 radical (unpaired) electrons. The highest BCUT2D eigenvalue weighted by Gasteiger charge is 2.31. The van der Waals surface area contributed by atoms with Crippen LogP contribution in [0.4, 0.5) is 11.4 Å². The Bertz CT molecular complexity index is 1980. The lowest BCUT2D eigenvalue weighted by molar-refractivity contribution is -0.151. The Labute approximate surface area is 323 Å². The molecule has 2 amide bonds. The van der Waals surface area contributed by atoms with E-state index in [2.05, 4.69) is 20.6 Å². The maximum atomic E-state index is 13.5. The number of nitrogens with one attached hydrogen (secondary N) is 2. The Morgan fingerprint density at radius 3 is 1.50 bits per heavy atom. The van der Waals surface area contributed by atoms with Gasteiger partial charge in [0.2, 0.25) is 0 Å². The van der Waals surface area contributed by atoms with Crippen LogP contribution in [0.5, 0.6) is 11.5 Å². The van der Waals surface area contributed by atoms with E-state index in [1.807, 2.05) is 38.1 Å². The number of hydrogen-bond acceptors (Lipinski definition) is 12. The van der Waals surface area contributed by atoms with Crippen molar-refractivity contribution in [2.75, 3.05) is 64.4 Å². The van der Waals surface area contributed by atoms with E-state index in [-0.39, 0.29) is 37.7 Å². The van der Waals surface area contributed by atoms with E-state index in [0.29, 0.717) is 60.3 Å². The monoisotopic (exact) mass is 768 g/mol. The molecular formula is C40H44N6O10. The second-order valence-electron chi connectivity index (χ2n) is 13.4. The number of pyridine rings is 2. The Hall–Kier alpha value is -5.94. The van der Waals surface area contributed by atoms with Gasteiger partial charge in [-0.05, 0) is 48.2 Å². The molecule has 2 atom stereocenters. The summed E-state index contributed by atoms with van der Waals surface area (Å²) in [5.41, 5.74) is 5.90. The largest absolute Gasteiger partial charge is 0.496 e. The van der Waals surface area contributed by atoms with Gasteiger partial charge in [-0.2, -0.15) is 0 Å². The molecule has 2 aliphatic heterocycles. The predicted octanol–water partition coefficient (Wildman–Crippen LogP) is 3.85. The Balaban J connectivity index is 1.16. The van der Waals surface area contributed by atoms with E-state index in [9.17, 15) is 29.4 Å². The SMILES string of the molecule is COc1cc(C(=O)Nc2cccc(-c3cccc(NC(=O)c4cc(OC)c(CN5CCOC[C@H]5C(=O)O)cn4)c3C)c2C)ncc1CN1CCOCC1C(=O)O. The van der Waals surface area contributed by atoms with Gasteiger partial charge in [0, 0.05) is 73.2 Å². The van der Waals surface area contributed by atoms with Crippen LogP contribution >= 0.6 is 0 Å². The third kappa shape index (κ3) is 8.79. The molecule has 56 heavy (non-hydrogen) atoms. The average Bonchev–Trinajstić information content (AvgIpc) is 3.20. The molecule has 2 saturated heterocycles. The molecule has 0 bridgehead atoms. The van der Waals surface area contributed by atoms with Crippen LogP contribution in [0.25, 0.3) is 11.1 Å². The molecule has 0 spiro atoms. The summed E-state index contributed by atoms with van der Waals surface area (Å²) in [6.07, 6.45) is 3.05. The Morgan fingerprint density at radius 1 is 0.714 bits per heavy atom. The Morgan fingerprint density at radius 2 is 1.12 bits per heavy atom. The van der Waals surface area contributed by atoms with Crippen molar-refractivity contribution in [3.63, 3.8) is 0 Å². The smallest absolute Gasteiger partial charge is 0.323 e. The summed E-state index contributed by atoms with van der Waals surface area (Å²) in [7, 11) is 2.97. The van der Waals surface area contributed by atoms with Crippen molar-refractivity contribution in [2.24, 2.45) is 0 Å². The van der Waals surface area contributed by atoms with Crippen molar-refractivity contribution >= 4 is 35.1 Å². The minimum absolute atomic E-state index is 0.0838. The van der Waals surface area contributed by atoms with Gasteiger partial charge in [0.15, 0.2) is 0 Å². The van der Waals surface area contributed by atoms with Crippen molar-refractivity contribution in [3.8, 4) is 22.6 Å². The van der Waals surface area contributed by atoms with Crippen molar-refractivity contribution in [3.05, 3.63) is 94.6 Å². The number of morpholine rings is 2. The summed E-state index contributed by atoms with van der Waals surface area (Å²) < 4.78 is 21.8. The summed E-state index contributed by atoms with van der Waals surface area (Å²) >= 11 is 0. The number of carbonyl (C=O) groups is 4. The predicted molar refractivity (Wildman–Crippen MR) is 204 cm³/mol. The number of carbonyl (C=O) groups excluding carboxylic acids is 2. The van der Waals surface area contributed by atoms with Gasteiger partial charge in [-0.25, -0.2) is 0 Å². The van der Waals surface area contributed by atoms with Crippen molar-refractivity contribution in [2.45, 2.75) is 39.0 Å². The number of aromatic nitrogens is 2. The number of methoxy groups -OCH3 is 2. The minimum atomic E-state index is -0.975. The lowest BCUT2D eigenvalue weighted by atomic mass is 9.94. The number of anilines is 2. The fraction of sp³-hybridized carbons (Fsp3) is 0.350. The fourth-order valence-electron chi connectivity index (χ4n) is 6.84. The highest BCUT2D eigenvalue weighted by atomic mass is 16.5. The molecule has 4 aromatic rings. The topological polar surface area (TPSA) is 202 Å². The first-order valence-electron chi connectivity index (χ1n) is 18.0. The van der Waals surface area contributed by atoms with Gasteiger partial charge >= 0.3 is 11.9 Å². The number of amides is 2. The van der Waals surface area contributed by atoms with Crippen LogP contribution in [0.1, 0.15) is 43.2 Å². The highest BCUT2D eigenvalue weighted by molar-refractivity contribution is 6.05. The first kappa shape index (κ1) is 39.7. The van der Waals surface area contributed by atoms with Gasteiger partial charge in [-0.1, -0.05) is 24.3 Å². The normalized spacial score (nSPS) is 17.5. The molecule has 0 saturated carbocycles. The van der Waals surface area contributed by atoms with E-state index >= 15 is 0 Å². The van der Waals surface area contributed by atoms with E-state index in [1.165, 1.54) is 38.7 Å². The molecular weight excluding hydrogens is 724 g/mol. The van der Waals surface area contributed by atoms with Gasteiger partial charge in [-0.3, -0.25) is 38.9 Å². The maximum absolute atomic E-state index is 13.5. The zero-order chi connectivity index (χ0) is 39.9. The molecule has 2 fully saturated rings. The zero-order valence-corrected chi connectivity index (χ0v) is 31.5. The molecule has 0 aliphatic carbocycles. The molecule has 294 valence electrons. The van der Waals surface area contributed by atoms with Crippen LogP contribution in [0, 0.1) is 13.8 Å². The number of carboxylic acid groups (broad SMARTS) is 2. The van der Waals surface area contributed by atoms with Crippen LogP contribution in [-0.2, 0) is 32.2 Å². The third-order valence-corrected chi connectivity index (χ3v) is 10.0. The first-order valence-corrected chi connectivity index (χ1v) is 18.0. The minimum Gasteiger partial charge on any atom is -0.496 e. The molecule has 6 rings (SSSR count). The van der Waals surface area contributed by atoms with Crippen molar-refractivity contribution < 1.29 is 48.3 Å². The standard InChI is InChI=1S/C40H44N6O10/c1-23-27(7-5-9-29(23)43-37(47)31-15-35(53-3)25(17-41-31)19-45-11-13-55-21-33(45)39(49)50)28-8-6-10-30(24(28)2)44-38(48)32-16-36(54-4)26(18-42-32)20-46-12-14-56-22-34(46)40(51)52/h5-10,15-18,33-34H,11-14,19-22H2,1-4H3,(H,43,47)(H,44,48)(H,49,50)(H,51,52)/t33-,34?/m0/s1. The van der Waals surface area contributed by atoms with E-state index in [4.69, 9.17) is 18.9 Å². The van der Waals surface area contributed by atoms with Crippen LogP contribution < -0.4 is 20.1 Å². The van der Waals surface area contributed by atoms with Crippen LogP contribution in [0.15, 0.2) is 60.9 Å². The highest BCUT2D eigenvalue weighted by Crippen LogP contribution is 2.34. The maximum Gasteiger partial charge on any atom is 0.323 e. The molecule has 2 aliphatic rings. The van der Waals surface area contributed by atoms with E-state index < -0.39 is 35.8 Å². The molecule has 2 aromatic heterocycles. The van der Waals surface area contributed by atoms with E-state index in [1.54, 1.807) is 21.9 Å². The zero-order valence-electron chi connectivity index (χ0n) is 31.5. The van der Waals surface area contributed by atoms with Gasteiger partial charge in [-0.15, -0.1) is 0 Å². The van der Waals surface area contributed by atoms with Crippen molar-refractivity contribution in [1.29, 1.82) is 0 Å². The number of carboxylic acids is 2. The first-order chi connectivity index (χ1) is 27.0. The lowest BCUT2D eigenvalue weighted by Crippen LogP contribution is -2.49. The fourth-order valence-corrected chi connectivity index (χ4v) is 6.84. The number of rotatable bonds is 13. The summed E-state index contributed by atoms with van der Waals surface area (Å²) in [5.74, 6) is -2.04. The van der Waals surface area contributed by atoms with Gasteiger partial charge < -0.3 is 39.8 Å². The van der Waals surface area contributed by atoms with Gasteiger partial charge in [0.25, 0.3) is 11.8 Å². The Kier molecular flexibility index (Phi) is 12.5. The molecule has 1 unspecified atom stereocenters. The van der Waals surface area contributed by atoms with Gasteiger partial charge in [0.1, 0.15) is 35.0 Å². The lowest BCUT2D eigenvalue weighted by Gasteiger charge is -2.32. The second kappa shape index (κ2) is 17.7. The van der Waals surface area contributed by atoms with Crippen molar-refractivity contribution in [1.82, 2.24) is 19.8 Å². The van der Waals surface area contributed by atoms with E-state index in [0.717, 1.165) is 22.3 Å². The molecule has 16 nitrogen and oxygen atoms in total. The summed E-state index contributed by atoms with van der Waals surface area (Å²) in [5, 5.41) is 25.1. The quantitative estimate of drug-likeness (QED) is 0.153. The second-order valence-corrected chi connectivity index (χ2v) is 13.4. The molecule has 4 N–H and O–H groups in total.